The summed E-state index contributed by atoms with van der Waals surface area (Å²) in [6, 6.07) is 4.18. The van der Waals surface area contributed by atoms with Crippen LogP contribution in [0, 0.1) is 0 Å². The summed E-state index contributed by atoms with van der Waals surface area (Å²) < 4.78 is 0.583. The molecule has 2 rings (SSSR count). The van der Waals surface area contributed by atoms with E-state index in [4.69, 9.17) is 5.11 Å². The van der Waals surface area contributed by atoms with E-state index in [0.717, 1.165) is 5.69 Å². The number of carbonyl (C=O) groups is 2. The van der Waals surface area contributed by atoms with Crippen LogP contribution in [-0.2, 0) is 6.54 Å². The van der Waals surface area contributed by atoms with Gasteiger partial charge < -0.3 is 15.3 Å². The lowest BCUT2D eigenvalue weighted by atomic mass is 10.2. The van der Waals surface area contributed by atoms with Crippen molar-refractivity contribution in [3.05, 3.63) is 44.8 Å². The van der Waals surface area contributed by atoms with Gasteiger partial charge >= 0.3 is 12.0 Å². The number of carbonyl (C=O) groups excluding carboxylic acids is 1. The molecule has 0 spiro atoms. The molecule has 0 unspecified atom stereocenters. The number of nitrogens with zero attached hydrogens (tertiary/aromatic N) is 2. The highest BCUT2D eigenvalue weighted by molar-refractivity contribution is 9.10. The van der Waals surface area contributed by atoms with Gasteiger partial charge in [-0.2, -0.15) is 0 Å². The third kappa shape index (κ3) is 4.27. The maximum Gasteiger partial charge on any atom is 0.335 e. The van der Waals surface area contributed by atoms with Crippen molar-refractivity contribution in [1.82, 2.24) is 9.88 Å². The Hall–Kier alpha value is -1.93. The molecule has 8 heteroatoms. The summed E-state index contributed by atoms with van der Waals surface area (Å²) in [5.74, 6) is -1.05. The third-order valence-electron chi connectivity index (χ3n) is 2.63. The van der Waals surface area contributed by atoms with Crippen LogP contribution in [0.3, 0.4) is 0 Å². The fraction of sp³-hybridized carbons (Fsp3) is 0.154. The zero-order valence-electron chi connectivity index (χ0n) is 11.0. The second-order valence-corrected chi connectivity index (χ2v) is 5.93. The van der Waals surface area contributed by atoms with Gasteiger partial charge in [-0.1, -0.05) is 15.9 Å². The van der Waals surface area contributed by atoms with E-state index in [1.165, 1.54) is 28.4 Å². The van der Waals surface area contributed by atoms with Crippen molar-refractivity contribution in [3.63, 3.8) is 0 Å². The van der Waals surface area contributed by atoms with E-state index in [2.05, 4.69) is 26.2 Å². The minimum absolute atomic E-state index is 0.0989. The van der Waals surface area contributed by atoms with Crippen LogP contribution >= 0.6 is 27.3 Å². The van der Waals surface area contributed by atoms with E-state index in [1.54, 1.807) is 18.6 Å². The molecule has 21 heavy (non-hydrogen) atoms. The summed E-state index contributed by atoms with van der Waals surface area (Å²) in [6.45, 7) is 0.384. The molecule has 0 bridgehead atoms. The van der Waals surface area contributed by atoms with Crippen molar-refractivity contribution in [2.24, 2.45) is 0 Å². The fourth-order valence-corrected chi connectivity index (χ4v) is 2.68. The van der Waals surface area contributed by atoms with E-state index in [-0.39, 0.29) is 11.6 Å². The average molecular weight is 370 g/mol. The van der Waals surface area contributed by atoms with Crippen LogP contribution in [0.1, 0.15) is 16.1 Å². The van der Waals surface area contributed by atoms with Crippen molar-refractivity contribution in [2.45, 2.75) is 6.54 Å². The first-order valence-corrected chi connectivity index (χ1v) is 7.62. The van der Waals surface area contributed by atoms with Crippen molar-refractivity contribution in [2.75, 3.05) is 12.4 Å². The smallest absolute Gasteiger partial charge is 0.335 e. The van der Waals surface area contributed by atoms with E-state index in [0.29, 0.717) is 16.7 Å². The van der Waals surface area contributed by atoms with Crippen molar-refractivity contribution in [1.29, 1.82) is 0 Å². The molecule has 0 fully saturated rings. The highest BCUT2D eigenvalue weighted by Crippen LogP contribution is 2.20. The molecule has 110 valence electrons. The molecule has 2 N–H and O–H groups in total. The van der Waals surface area contributed by atoms with Gasteiger partial charge in [-0.3, -0.25) is 0 Å². The van der Waals surface area contributed by atoms with Crippen molar-refractivity contribution < 1.29 is 14.7 Å². The Morgan fingerprint density at radius 1 is 1.43 bits per heavy atom. The largest absolute Gasteiger partial charge is 0.478 e. The molecule has 0 saturated heterocycles. The number of hydrogen-bond donors (Lipinski definition) is 2. The highest BCUT2D eigenvalue weighted by atomic mass is 79.9. The Kier molecular flexibility index (Phi) is 4.92. The van der Waals surface area contributed by atoms with Gasteiger partial charge in [0.25, 0.3) is 0 Å². The SMILES string of the molecule is CN(Cc1cscn1)C(=O)Nc1cc(Br)cc(C(=O)O)c1. The lowest BCUT2D eigenvalue weighted by molar-refractivity contribution is 0.0697. The normalized spacial score (nSPS) is 10.2. The van der Waals surface area contributed by atoms with Gasteiger partial charge in [0.15, 0.2) is 0 Å². The Morgan fingerprint density at radius 2 is 2.19 bits per heavy atom. The van der Waals surface area contributed by atoms with E-state index >= 15 is 0 Å². The number of carboxylic acid groups (broad SMARTS) is 1. The zero-order valence-corrected chi connectivity index (χ0v) is 13.4. The Morgan fingerprint density at radius 3 is 2.81 bits per heavy atom. The number of aromatic carboxylic acids is 1. The third-order valence-corrected chi connectivity index (χ3v) is 3.72. The maximum atomic E-state index is 12.1. The quantitative estimate of drug-likeness (QED) is 0.866. The molecule has 1 aromatic heterocycles. The van der Waals surface area contributed by atoms with Crippen LogP contribution in [0.4, 0.5) is 10.5 Å². The molecule has 0 aliphatic heterocycles. The first kappa shape index (κ1) is 15.5. The Balaban J connectivity index is 2.06. The lowest BCUT2D eigenvalue weighted by Gasteiger charge is -2.17. The number of thiazole rings is 1. The fourth-order valence-electron chi connectivity index (χ4n) is 1.63. The lowest BCUT2D eigenvalue weighted by Crippen LogP contribution is -2.31. The minimum Gasteiger partial charge on any atom is -0.478 e. The summed E-state index contributed by atoms with van der Waals surface area (Å²) in [5, 5.41) is 13.5. The number of benzene rings is 1. The van der Waals surface area contributed by atoms with Crippen LogP contribution in [0.2, 0.25) is 0 Å². The standard InChI is InChI=1S/C13H12BrN3O3S/c1-17(5-11-6-21-7-15-11)13(20)16-10-3-8(12(18)19)2-9(14)4-10/h2-4,6-7H,5H2,1H3,(H,16,20)(H,18,19). The number of carboxylic acids is 1. The van der Waals surface area contributed by atoms with Crippen molar-refractivity contribution in [3.8, 4) is 0 Å². The molecule has 1 heterocycles. The molecule has 0 atom stereocenters. The number of aromatic nitrogens is 1. The van der Waals surface area contributed by atoms with Gasteiger partial charge in [-0.05, 0) is 18.2 Å². The summed E-state index contributed by atoms with van der Waals surface area (Å²) in [4.78, 5) is 28.6. The summed E-state index contributed by atoms with van der Waals surface area (Å²) in [7, 11) is 1.64. The maximum absolute atomic E-state index is 12.1. The monoisotopic (exact) mass is 369 g/mol. The zero-order chi connectivity index (χ0) is 15.4. The van der Waals surface area contributed by atoms with Crippen LogP contribution in [0.15, 0.2) is 33.6 Å². The molecule has 0 aliphatic rings. The molecule has 2 aromatic rings. The topological polar surface area (TPSA) is 82.5 Å². The van der Waals surface area contributed by atoms with Gasteiger partial charge in [0, 0.05) is 22.6 Å². The van der Waals surface area contributed by atoms with Crippen LogP contribution in [-0.4, -0.2) is 34.0 Å². The molecular formula is C13H12BrN3O3S. The van der Waals surface area contributed by atoms with Gasteiger partial charge in [0.2, 0.25) is 0 Å². The molecule has 2 amide bonds. The first-order chi connectivity index (χ1) is 9.95. The van der Waals surface area contributed by atoms with E-state index in [9.17, 15) is 9.59 Å². The summed E-state index contributed by atoms with van der Waals surface area (Å²) in [6.07, 6.45) is 0. The second kappa shape index (κ2) is 6.68. The number of nitrogens with one attached hydrogen (secondary N) is 1. The number of rotatable bonds is 4. The van der Waals surface area contributed by atoms with E-state index < -0.39 is 5.97 Å². The van der Waals surface area contributed by atoms with Crippen molar-refractivity contribution >= 4 is 45.0 Å². The molecular weight excluding hydrogens is 358 g/mol. The van der Waals surface area contributed by atoms with Gasteiger partial charge in [-0.15, -0.1) is 11.3 Å². The first-order valence-electron chi connectivity index (χ1n) is 5.89. The Bertz CT molecular complexity index is 661. The molecule has 0 saturated carbocycles. The van der Waals surface area contributed by atoms with Gasteiger partial charge in [0.05, 0.1) is 23.3 Å². The Labute approximate surface area is 133 Å². The van der Waals surface area contributed by atoms with E-state index in [1.807, 2.05) is 5.38 Å². The van der Waals surface area contributed by atoms with Crippen LogP contribution in [0.25, 0.3) is 0 Å². The van der Waals surface area contributed by atoms with Crippen LogP contribution in [0.5, 0.6) is 0 Å². The van der Waals surface area contributed by atoms with Crippen LogP contribution < -0.4 is 5.32 Å². The molecule has 1 aromatic carbocycles. The second-order valence-electron chi connectivity index (χ2n) is 4.30. The number of hydrogen-bond acceptors (Lipinski definition) is 4. The predicted octanol–water partition coefficient (Wildman–Crippen LogP) is 3.27. The van der Waals surface area contributed by atoms with Gasteiger partial charge in [-0.25, -0.2) is 14.6 Å². The van der Waals surface area contributed by atoms with Gasteiger partial charge in [0.1, 0.15) is 0 Å². The minimum atomic E-state index is -1.05. The highest BCUT2D eigenvalue weighted by Gasteiger charge is 2.12. The summed E-state index contributed by atoms with van der Waals surface area (Å²) >= 11 is 4.68. The molecule has 0 aliphatic carbocycles. The number of halogens is 1. The molecule has 6 nitrogen and oxygen atoms in total. The predicted molar refractivity (Wildman–Crippen MR) is 83.7 cm³/mol. The number of urea groups is 1. The average Bonchev–Trinajstić information content (AvgIpc) is 2.90. The number of anilines is 1. The molecule has 0 radical (unpaired) electrons. The summed E-state index contributed by atoms with van der Waals surface area (Å²) in [5.41, 5.74) is 3.02. The number of amides is 2.